The third-order valence-electron chi connectivity index (χ3n) is 2.26. The Morgan fingerprint density at radius 1 is 1.12 bits per heavy atom. The van der Waals surface area contributed by atoms with E-state index in [1.54, 1.807) is 12.1 Å². The van der Waals surface area contributed by atoms with Gasteiger partial charge in [-0.15, -0.1) is 0 Å². The number of carbonyl (C=O) groups is 1. The van der Waals surface area contributed by atoms with Gasteiger partial charge in [0.15, 0.2) is 0 Å². The molecule has 17 heavy (non-hydrogen) atoms. The smallest absolute Gasteiger partial charge is 0.270 e. The predicted molar refractivity (Wildman–Crippen MR) is 63.5 cm³/mol. The number of benzene rings is 1. The van der Waals surface area contributed by atoms with Crippen LogP contribution in [-0.4, -0.2) is 16.0 Å². The number of pyridine rings is 1. The zero-order chi connectivity index (χ0) is 12.1. The molecule has 1 aromatic heterocycles. The summed E-state index contributed by atoms with van der Waals surface area (Å²) in [5, 5.41) is 11.9. The van der Waals surface area contributed by atoms with Crippen LogP contribution in [0.2, 0.25) is 0 Å². The first kappa shape index (κ1) is 11.1. The molecule has 0 fully saturated rings. The summed E-state index contributed by atoms with van der Waals surface area (Å²) in [5.74, 6) is -0.456. The zero-order valence-corrected chi connectivity index (χ0v) is 9.13. The Balaban J connectivity index is 1.98. The standard InChI is InChI=1S/C13H12N2O2/c16-12-8-4-7-11(15-12)13(17)14-9-10-5-2-1-3-6-10/h1-8H,9H2,(H,14,17)(H,15,16). The molecule has 4 heteroatoms. The van der Waals surface area contributed by atoms with E-state index in [0.29, 0.717) is 6.54 Å². The van der Waals surface area contributed by atoms with Crippen molar-refractivity contribution in [3.8, 4) is 5.88 Å². The lowest BCUT2D eigenvalue weighted by atomic mass is 10.2. The second kappa shape index (κ2) is 5.12. The molecule has 2 N–H and O–H groups in total. The fourth-order valence-corrected chi connectivity index (χ4v) is 1.42. The molecule has 1 heterocycles. The summed E-state index contributed by atoms with van der Waals surface area (Å²) in [6, 6.07) is 14.2. The number of aromatic hydroxyl groups is 1. The van der Waals surface area contributed by atoms with E-state index in [-0.39, 0.29) is 17.5 Å². The molecule has 0 unspecified atom stereocenters. The van der Waals surface area contributed by atoms with E-state index in [0.717, 1.165) is 5.56 Å². The molecule has 0 atom stereocenters. The van der Waals surface area contributed by atoms with E-state index in [4.69, 9.17) is 5.11 Å². The van der Waals surface area contributed by atoms with Crippen molar-refractivity contribution < 1.29 is 9.90 Å². The van der Waals surface area contributed by atoms with Crippen molar-refractivity contribution in [3.63, 3.8) is 0 Å². The second-order valence-corrected chi connectivity index (χ2v) is 3.55. The molecule has 2 aromatic rings. The molecule has 0 aliphatic heterocycles. The maximum absolute atomic E-state index is 11.7. The maximum Gasteiger partial charge on any atom is 0.270 e. The summed E-state index contributed by atoms with van der Waals surface area (Å²) in [6.07, 6.45) is 0. The van der Waals surface area contributed by atoms with Gasteiger partial charge >= 0.3 is 0 Å². The third kappa shape index (κ3) is 3.04. The summed E-state index contributed by atoms with van der Waals surface area (Å²) < 4.78 is 0. The Kier molecular flexibility index (Phi) is 3.35. The van der Waals surface area contributed by atoms with E-state index in [9.17, 15) is 4.79 Å². The Morgan fingerprint density at radius 3 is 2.59 bits per heavy atom. The van der Waals surface area contributed by atoms with Crippen LogP contribution < -0.4 is 5.32 Å². The molecule has 4 nitrogen and oxygen atoms in total. The van der Waals surface area contributed by atoms with Crippen LogP contribution in [0.1, 0.15) is 16.1 Å². The maximum atomic E-state index is 11.7. The lowest BCUT2D eigenvalue weighted by Crippen LogP contribution is -2.23. The monoisotopic (exact) mass is 228 g/mol. The Morgan fingerprint density at radius 2 is 1.88 bits per heavy atom. The largest absolute Gasteiger partial charge is 0.493 e. The van der Waals surface area contributed by atoms with Crippen LogP contribution in [0.3, 0.4) is 0 Å². The Bertz CT molecular complexity index is 512. The Labute approximate surface area is 98.9 Å². The molecular formula is C13H12N2O2. The Hall–Kier alpha value is -2.36. The van der Waals surface area contributed by atoms with Gasteiger partial charge in [0, 0.05) is 12.6 Å². The molecule has 1 amide bonds. The number of hydrogen-bond donors (Lipinski definition) is 2. The summed E-state index contributed by atoms with van der Waals surface area (Å²) >= 11 is 0. The lowest BCUT2D eigenvalue weighted by Gasteiger charge is -2.04. The summed E-state index contributed by atoms with van der Waals surface area (Å²) in [6.45, 7) is 0.441. The fraction of sp³-hybridized carbons (Fsp3) is 0.0769. The van der Waals surface area contributed by atoms with Crippen LogP contribution >= 0.6 is 0 Å². The molecule has 0 spiro atoms. The molecule has 0 saturated heterocycles. The summed E-state index contributed by atoms with van der Waals surface area (Å²) in [4.78, 5) is 15.4. The molecule has 0 saturated carbocycles. The number of nitrogens with one attached hydrogen (secondary N) is 1. The van der Waals surface area contributed by atoms with E-state index >= 15 is 0 Å². The molecule has 1 aromatic carbocycles. The average Bonchev–Trinajstić information content (AvgIpc) is 2.37. The normalized spacial score (nSPS) is 9.88. The van der Waals surface area contributed by atoms with Crippen LogP contribution in [0.5, 0.6) is 5.88 Å². The van der Waals surface area contributed by atoms with Gasteiger partial charge in [-0.05, 0) is 11.6 Å². The van der Waals surface area contributed by atoms with Crippen molar-refractivity contribution in [2.75, 3.05) is 0 Å². The van der Waals surface area contributed by atoms with Crippen molar-refractivity contribution in [2.24, 2.45) is 0 Å². The molecular weight excluding hydrogens is 216 g/mol. The first-order chi connectivity index (χ1) is 8.25. The minimum Gasteiger partial charge on any atom is -0.493 e. The van der Waals surface area contributed by atoms with Gasteiger partial charge in [0.05, 0.1) is 0 Å². The first-order valence-electron chi connectivity index (χ1n) is 5.24. The van der Waals surface area contributed by atoms with E-state index < -0.39 is 0 Å². The molecule has 0 aliphatic rings. The van der Waals surface area contributed by atoms with Crippen molar-refractivity contribution in [3.05, 3.63) is 59.8 Å². The van der Waals surface area contributed by atoms with Crippen LogP contribution in [0.4, 0.5) is 0 Å². The van der Waals surface area contributed by atoms with E-state index in [2.05, 4.69) is 10.3 Å². The fourth-order valence-electron chi connectivity index (χ4n) is 1.42. The highest BCUT2D eigenvalue weighted by Gasteiger charge is 2.06. The highest BCUT2D eigenvalue weighted by atomic mass is 16.3. The van der Waals surface area contributed by atoms with E-state index in [1.807, 2.05) is 30.3 Å². The average molecular weight is 228 g/mol. The molecule has 2 rings (SSSR count). The van der Waals surface area contributed by atoms with Crippen LogP contribution in [0.25, 0.3) is 0 Å². The topological polar surface area (TPSA) is 62.2 Å². The van der Waals surface area contributed by atoms with Gasteiger partial charge in [-0.2, -0.15) is 0 Å². The van der Waals surface area contributed by atoms with Crippen LogP contribution in [0, 0.1) is 0 Å². The third-order valence-corrected chi connectivity index (χ3v) is 2.26. The minimum absolute atomic E-state index is 0.155. The first-order valence-corrected chi connectivity index (χ1v) is 5.24. The highest BCUT2D eigenvalue weighted by Crippen LogP contribution is 2.05. The predicted octanol–water partition coefficient (Wildman–Crippen LogP) is 1.72. The van der Waals surface area contributed by atoms with Gasteiger partial charge in [0.2, 0.25) is 5.88 Å². The van der Waals surface area contributed by atoms with Crippen LogP contribution in [-0.2, 0) is 6.54 Å². The highest BCUT2D eigenvalue weighted by molar-refractivity contribution is 5.92. The van der Waals surface area contributed by atoms with Crippen molar-refractivity contribution in [1.82, 2.24) is 10.3 Å². The molecule has 0 aliphatic carbocycles. The molecule has 0 bridgehead atoms. The summed E-state index contributed by atoms with van der Waals surface area (Å²) in [7, 11) is 0. The number of hydrogen-bond acceptors (Lipinski definition) is 3. The van der Waals surface area contributed by atoms with Crippen molar-refractivity contribution in [2.45, 2.75) is 6.54 Å². The quantitative estimate of drug-likeness (QED) is 0.840. The van der Waals surface area contributed by atoms with Gasteiger partial charge in [-0.1, -0.05) is 36.4 Å². The van der Waals surface area contributed by atoms with Crippen molar-refractivity contribution >= 4 is 5.91 Å². The van der Waals surface area contributed by atoms with Gasteiger partial charge in [0.25, 0.3) is 5.91 Å². The van der Waals surface area contributed by atoms with Gasteiger partial charge in [-0.25, -0.2) is 4.98 Å². The molecule has 0 radical (unpaired) electrons. The van der Waals surface area contributed by atoms with Gasteiger partial charge in [0.1, 0.15) is 5.69 Å². The van der Waals surface area contributed by atoms with E-state index in [1.165, 1.54) is 6.07 Å². The number of nitrogens with zero attached hydrogens (tertiary/aromatic N) is 1. The van der Waals surface area contributed by atoms with Gasteiger partial charge < -0.3 is 10.4 Å². The minimum atomic E-state index is -0.301. The zero-order valence-electron chi connectivity index (χ0n) is 9.13. The van der Waals surface area contributed by atoms with Crippen molar-refractivity contribution in [1.29, 1.82) is 0 Å². The number of amides is 1. The summed E-state index contributed by atoms with van der Waals surface area (Å²) in [5.41, 5.74) is 1.22. The lowest BCUT2D eigenvalue weighted by molar-refractivity contribution is 0.0945. The second-order valence-electron chi connectivity index (χ2n) is 3.55. The van der Waals surface area contributed by atoms with Gasteiger partial charge in [-0.3, -0.25) is 4.79 Å². The number of carbonyl (C=O) groups excluding carboxylic acids is 1. The van der Waals surface area contributed by atoms with Crippen LogP contribution in [0.15, 0.2) is 48.5 Å². The SMILES string of the molecule is O=C(NCc1ccccc1)c1cccc(O)n1. The number of aromatic nitrogens is 1. The molecule has 86 valence electrons. The number of rotatable bonds is 3.